The number of hydrogen-bond acceptors (Lipinski definition) is 3. The molecule has 0 aromatic carbocycles. The molecule has 0 aromatic rings. The van der Waals surface area contributed by atoms with Gasteiger partial charge in [-0.2, -0.15) is 0 Å². The predicted octanol–water partition coefficient (Wildman–Crippen LogP) is 17.6. The SMILES string of the molecule is CCCCCCCCCCCCCCC(C/C=C(\C)CCC=C(C)C)C(=O)O.CCCCCCCCCCCCCCCC(=O)OC/C=C(\C)CCC=C(C)C. The maximum Gasteiger partial charge on any atom is 0.306 e. The Hall–Kier alpha value is -2.10. The summed E-state index contributed by atoms with van der Waals surface area (Å²) >= 11 is 0. The van der Waals surface area contributed by atoms with E-state index in [2.05, 4.69) is 73.6 Å². The number of ether oxygens (including phenoxy) is 1. The Bertz CT molecular complexity index is 1010. The van der Waals surface area contributed by atoms with E-state index < -0.39 is 5.97 Å². The molecule has 0 saturated heterocycles. The zero-order valence-electron chi connectivity index (χ0n) is 38.9. The van der Waals surface area contributed by atoms with Crippen molar-refractivity contribution in [2.24, 2.45) is 5.92 Å². The fourth-order valence-electron chi connectivity index (χ4n) is 6.93. The molecule has 0 rings (SSSR count). The first-order chi connectivity index (χ1) is 27.0. The molecule has 0 aliphatic rings. The van der Waals surface area contributed by atoms with E-state index in [9.17, 15) is 14.7 Å². The highest BCUT2D eigenvalue weighted by atomic mass is 16.5. The molecule has 0 radical (unpaired) electrons. The van der Waals surface area contributed by atoms with Crippen LogP contribution in [0.4, 0.5) is 0 Å². The van der Waals surface area contributed by atoms with Gasteiger partial charge in [0.2, 0.25) is 0 Å². The number of allylic oxidation sites excluding steroid dienone is 7. The zero-order valence-corrected chi connectivity index (χ0v) is 38.9. The van der Waals surface area contributed by atoms with Gasteiger partial charge in [0, 0.05) is 6.42 Å². The normalized spacial score (nSPS) is 12.1. The third-order valence-corrected chi connectivity index (χ3v) is 10.8. The molecule has 0 heterocycles. The number of aliphatic carboxylic acids is 1. The van der Waals surface area contributed by atoms with Crippen LogP contribution in [0.15, 0.2) is 46.6 Å². The molecule has 0 fully saturated rings. The van der Waals surface area contributed by atoms with Gasteiger partial charge in [0.05, 0.1) is 5.92 Å². The molecular formula is C52H96O4. The molecule has 0 saturated carbocycles. The molecule has 1 N–H and O–H groups in total. The maximum atomic E-state index is 11.8. The quantitative estimate of drug-likeness (QED) is 0.0385. The standard InChI is InChI=1S/2C26H48O2/c1-5-6-7-8-9-10-11-12-13-14-15-16-20-25(26(27)28)22-21-24(4)19-17-18-23(2)3;1-5-6-7-8-9-10-11-12-13-14-15-16-17-21-26(27)28-23-22-25(4)20-18-19-24(2)3/h18,21,25H,5-17,19-20,22H2,1-4H3,(H,27,28);19,22H,5-18,20-21,23H2,1-4H3/b24-21+;25-22+. The van der Waals surface area contributed by atoms with Crippen molar-refractivity contribution in [1.29, 1.82) is 0 Å². The molecule has 0 aliphatic heterocycles. The van der Waals surface area contributed by atoms with Crippen LogP contribution >= 0.6 is 0 Å². The van der Waals surface area contributed by atoms with Crippen molar-refractivity contribution in [2.75, 3.05) is 6.61 Å². The van der Waals surface area contributed by atoms with E-state index >= 15 is 0 Å². The van der Waals surface area contributed by atoms with Gasteiger partial charge < -0.3 is 9.84 Å². The maximum absolute atomic E-state index is 11.8. The summed E-state index contributed by atoms with van der Waals surface area (Å²) in [5, 5.41) is 9.47. The fraction of sp³-hybridized carbons (Fsp3) is 0.808. The van der Waals surface area contributed by atoms with Gasteiger partial charge in [0.1, 0.15) is 6.61 Å². The minimum absolute atomic E-state index is 0.0450. The molecule has 1 atom stereocenters. The summed E-state index contributed by atoms with van der Waals surface area (Å²) in [6.07, 6.45) is 48.1. The van der Waals surface area contributed by atoms with E-state index in [4.69, 9.17) is 4.74 Å². The Morgan fingerprint density at radius 1 is 0.464 bits per heavy atom. The van der Waals surface area contributed by atoms with Crippen LogP contribution in [0, 0.1) is 5.92 Å². The number of carboxylic acids is 1. The van der Waals surface area contributed by atoms with E-state index in [1.807, 2.05) is 6.08 Å². The highest BCUT2D eigenvalue weighted by Gasteiger charge is 2.15. The largest absolute Gasteiger partial charge is 0.481 e. The van der Waals surface area contributed by atoms with Gasteiger partial charge >= 0.3 is 11.9 Å². The van der Waals surface area contributed by atoms with E-state index in [0.29, 0.717) is 19.4 Å². The van der Waals surface area contributed by atoms with Crippen LogP contribution in [0.3, 0.4) is 0 Å². The first kappa shape index (κ1) is 56.0. The lowest BCUT2D eigenvalue weighted by Gasteiger charge is -2.11. The van der Waals surface area contributed by atoms with Crippen LogP contribution in [0.2, 0.25) is 0 Å². The van der Waals surface area contributed by atoms with Gasteiger partial charge in [-0.05, 0) is 92.6 Å². The molecular weight excluding hydrogens is 689 g/mol. The summed E-state index contributed by atoms with van der Waals surface area (Å²) in [5.74, 6) is -0.880. The van der Waals surface area contributed by atoms with Gasteiger partial charge in [-0.1, -0.05) is 208 Å². The Kier molecular flexibility index (Phi) is 44.0. The Morgan fingerprint density at radius 2 is 0.821 bits per heavy atom. The fourth-order valence-corrected chi connectivity index (χ4v) is 6.93. The smallest absolute Gasteiger partial charge is 0.306 e. The van der Waals surface area contributed by atoms with Gasteiger partial charge in [-0.15, -0.1) is 0 Å². The second-order valence-electron chi connectivity index (χ2n) is 17.4. The number of esters is 1. The molecule has 0 aromatic heterocycles. The number of carbonyl (C=O) groups excluding carboxylic acids is 1. The molecule has 0 spiro atoms. The Morgan fingerprint density at radius 3 is 1.20 bits per heavy atom. The summed E-state index contributed by atoms with van der Waals surface area (Å²) in [4.78, 5) is 23.3. The number of carboxylic acid groups (broad SMARTS) is 1. The lowest BCUT2D eigenvalue weighted by Crippen LogP contribution is -2.12. The zero-order chi connectivity index (χ0) is 41.9. The minimum atomic E-state index is -0.628. The molecule has 4 heteroatoms. The molecule has 4 nitrogen and oxygen atoms in total. The van der Waals surface area contributed by atoms with Crippen LogP contribution in [0.1, 0.15) is 261 Å². The monoisotopic (exact) mass is 785 g/mol. The second kappa shape index (κ2) is 44.0. The average Bonchev–Trinajstić information content (AvgIpc) is 3.15. The van der Waals surface area contributed by atoms with Crippen molar-refractivity contribution in [3.05, 3.63) is 46.6 Å². The lowest BCUT2D eigenvalue weighted by molar-refractivity contribution is -0.143. The number of hydrogen-bond donors (Lipinski definition) is 1. The summed E-state index contributed by atoms with van der Waals surface area (Å²) in [6, 6.07) is 0. The lowest BCUT2D eigenvalue weighted by atomic mass is 9.95. The first-order valence-corrected chi connectivity index (χ1v) is 24.0. The molecule has 0 aliphatic carbocycles. The number of rotatable bonds is 38. The van der Waals surface area contributed by atoms with Crippen LogP contribution in [0.5, 0.6) is 0 Å². The average molecular weight is 785 g/mol. The van der Waals surface area contributed by atoms with Gasteiger partial charge in [0.15, 0.2) is 0 Å². The highest BCUT2D eigenvalue weighted by molar-refractivity contribution is 5.70. The molecule has 56 heavy (non-hydrogen) atoms. The number of carbonyl (C=O) groups is 2. The van der Waals surface area contributed by atoms with Crippen LogP contribution in [-0.2, 0) is 14.3 Å². The number of unbranched alkanes of at least 4 members (excludes halogenated alkanes) is 23. The van der Waals surface area contributed by atoms with Crippen molar-refractivity contribution in [3.63, 3.8) is 0 Å². The molecule has 0 amide bonds. The van der Waals surface area contributed by atoms with Gasteiger partial charge in [-0.25, -0.2) is 0 Å². The third-order valence-electron chi connectivity index (χ3n) is 10.8. The summed E-state index contributed by atoms with van der Waals surface area (Å²) in [5.41, 5.74) is 5.32. The van der Waals surface area contributed by atoms with E-state index in [1.54, 1.807) is 0 Å². The van der Waals surface area contributed by atoms with Crippen molar-refractivity contribution in [2.45, 2.75) is 261 Å². The third kappa shape index (κ3) is 46.3. The van der Waals surface area contributed by atoms with Gasteiger partial charge in [-0.3, -0.25) is 9.59 Å². The minimum Gasteiger partial charge on any atom is -0.481 e. The van der Waals surface area contributed by atoms with Crippen molar-refractivity contribution in [3.8, 4) is 0 Å². The Balaban J connectivity index is 0. The van der Waals surface area contributed by atoms with E-state index in [-0.39, 0.29) is 11.9 Å². The van der Waals surface area contributed by atoms with Crippen molar-refractivity contribution >= 4 is 11.9 Å². The van der Waals surface area contributed by atoms with Crippen molar-refractivity contribution < 1.29 is 19.4 Å². The molecule has 1 unspecified atom stereocenters. The molecule has 328 valence electrons. The first-order valence-electron chi connectivity index (χ1n) is 24.0. The molecule has 0 bridgehead atoms. The summed E-state index contributed by atoms with van der Waals surface area (Å²) < 4.78 is 5.32. The van der Waals surface area contributed by atoms with Crippen LogP contribution in [-0.4, -0.2) is 23.7 Å². The topological polar surface area (TPSA) is 63.6 Å². The van der Waals surface area contributed by atoms with E-state index in [0.717, 1.165) is 51.4 Å². The van der Waals surface area contributed by atoms with Gasteiger partial charge in [0.25, 0.3) is 0 Å². The Labute approximate surface area is 350 Å². The second-order valence-corrected chi connectivity index (χ2v) is 17.4. The summed E-state index contributed by atoms with van der Waals surface area (Å²) in [6.45, 7) is 17.7. The highest BCUT2D eigenvalue weighted by Crippen LogP contribution is 2.19. The summed E-state index contributed by atoms with van der Waals surface area (Å²) in [7, 11) is 0. The van der Waals surface area contributed by atoms with E-state index in [1.165, 1.54) is 164 Å². The van der Waals surface area contributed by atoms with Crippen molar-refractivity contribution in [1.82, 2.24) is 0 Å². The van der Waals surface area contributed by atoms with Crippen LogP contribution < -0.4 is 0 Å². The predicted molar refractivity (Wildman–Crippen MR) is 248 cm³/mol. The van der Waals surface area contributed by atoms with Crippen LogP contribution in [0.25, 0.3) is 0 Å².